The fraction of sp³-hybridized carbons (Fsp3) is 0.0625. The van der Waals surface area contributed by atoms with Gasteiger partial charge in [0.1, 0.15) is 0 Å². The Kier molecular flexibility index (Phi) is 5.80. The van der Waals surface area contributed by atoms with Gasteiger partial charge in [-0.25, -0.2) is 5.43 Å². The maximum absolute atomic E-state index is 11.8. The van der Waals surface area contributed by atoms with Gasteiger partial charge in [-0.2, -0.15) is 5.10 Å². The average molecular weight is 361 g/mol. The Balaban J connectivity index is 1.94. The van der Waals surface area contributed by atoms with E-state index in [1.165, 1.54) is 30.5 Å². The highest BCUT2D eigenvalue weighted by atomic mass is 35.5. The van der Waals surface area contributed by atoms with Crippen LogP contribution in [0, 0.1) is 17.0 Å². The summed E-state index contributed by atoms with van der Waals surface area (Å²) in [5.74, 6) is -1.91. The molecular formula is C16H13ClN4O4. The van der Waals surface area contributed by atoms with Gasteiger partial charge in [0, 0.05) is 28.4 Å². The maximum Gasteiger partial charge on any atom is 0.329 e. The molecular weight excluding hydrogens is 348 g/mol. The molecule has 0 saturated heterocycles. The third-order valence-corrected chi connectivity index (χ3v) is 3.50. The number of benzene rings is 2. The molecule has 2 rings (SSSR count). The maximum atomic E-state index is 11.8. The van der Waals surface area contributed by atoms with Gasteiger partial charge in [0.2, 0.25) is 0 Å². The predicted molar refractivity (Wildman–Crippen MR) is 93.7 cm³/mol. The molecule has 0 bridgehead atoms. The van der Waals surface area contributed by atoms with Crippen LogP contribution >= 0.6 is 11.6 Å². The molecule has 0 aliphatic carbocycles. The number of nitrogens with one attached hydrogen (secondary N) is 2. The van der Waals surface area contributed by atoms with Gasteiger partial charge in [-0.1, -0.05) is 29.8 Å². The summed E-state index contributed by atoms with van der Waals surface area (Å²) < 4.78 is 0. The van der Waals surface area contributed by atoms with E-state index in [-0.39, 0.29) is 5.69 Å². The van der Waals surface area contributed by atoms with Crippen LogP contribution in [-0.2, 0) is 9.59 Å². The zero-order valence-corrected chi connectivity index (χ0v) is 13.8. The van der Waals surface area contributed by atoms with E-state index in [0.29, 0.717) is 16.3 Å². The Morgan fingerprint density at radius 2 is 1.96 bits per heavy atom. The van der Waals surface area contributed by atoms with Crippen molar-refractivity contribution in [1.29, 1.82) is 0 Å². The Morgan fingerprint density at radius 1 is 1.20 bits per heavy atom. The van der Waals surface area contributed by atoms with Gasteiger partial charge in [0.25, 0.3) is 5.69 Å². The van der Waals surface area contributed by atoms with E-state index in [2.05, 4.69) is 10.4 Å². The number of hydrogen-bond donors (Lipinski definition) is 2. The van der Waals surface area contributed by atoms with Crippen molar-refractivity contribution < 1.29 is 14.5 Å². The van der Waals surface area contributed by atoms with Crippen molar-refractivity contribution in [3.8, 4) is 0 Å². The lowest BCUT2D eigenvalue weighted by molar-refractivity contribution is -0.384. The Hall–Kier alpha value is -3.26. The molecule has 128 valence electrons. The minimum Gasteiger partial charge on any atom is -0.318 e. The van der Waals surface area contributed by atoms with Gasteiger partial charge < -0.3 is 5.32 Å². The van der Waals surface area contributed by atoms with Crippen LogP contribution in [-0.4, -0.2) is 23.0 Å². The van der Waals surface area contributed by atoms with E-state index in [0.717, 1.165) is 5.56 Å². The zero-order valence-electron chi connectivity index (χ0n) is 13.0. The first-order valence-electron chi connectivity index (χ1n) is 7.02. The number of nitro benzene ring substituents is 1. The Labute approximate surface area is 147 Å². The largest absolute Gasteiger partial charge is 0.329 e. The lowest BCUT2D eigenvalue weighted by Gasteiger charge is -2.05. The molecule has 0 aliphatic heterocycles. The minimum absolute atomic E-state index is 0.107. The first kappa shape index (κ1) is 18.1. The van der Waals surface area contributed by atoms with Crippen molar-refractivity contribution in [3.05, 3.63) is 68.7 Å². The normalized spacial score (nSPS) is 10.5. The lowest BCUT2D eigenvalue weighted by Crippen LogP contribution is -2.32. The van der Waals surface area contributed by atoms with Crippen LogP contribution in [0.4, 0.5) is 11.4 Å². The molecule has 9 heteroatoms. The summed E-state index contributed by atoms with van der Waals surface area (Å²) in [6.07, 6.45) is 1.20. The molecule has 0 aliphatic rings. The van der Waals surface area contributed by atoms with E-state index < -0.39 is 16.7 Å². The van der Waals surface area contributed by atoms with Gasteiger partial charge in [0.05, 0.1) is 11.1 Å². The molecule has 2 aromatic carbocycles. The summed E-state index contributed by atoms with van der Waals surface area (Å²) in [6, 6.07) is 10.5. The summed E-state index contributed by atoms with van der Waals surface area (Å²) in [5, 5.41) is 17.1. The van der Waals surface area contributed by atoms with Crippen LogP contribution in [0.15, 0.2) is 47.6 Å². The van der Waals surface area contributed by atoms with Crippen LogP contribution in [0.1, 0.15) is 11.1 Å². The highest BCUT2D eigenvalue weighted by Gasteiger charge is 2.13. The van der Waals surface area contributed by atoms with Gasteiger partial charge in [-0.15, -0.1) is 0 Å². The number of nitro groups is 1. The van der Waals surface area contributed by atoms with Crippen molar-refractivity contribution in [2.24, 2.45) is 5.10 Å². The number of carbonyl (C=O) groups excluding carboxylic acids is 2. The molecule has 25 heavy (non-hydrogen) atoms. The summed E-state index contributed by atoms with van der Waals surface area (Å²) >= 11 is 5.94. The molecule has 8 nitrogen and oxygen atoms in total. The van der Waals surface area contributed by atoms with Gasteiger partial charge in [-0.3, -0.25) is 19.7 Å². The molecule has 0 atom stereocenters. The number of non-ortho nitro benzene ring substituents is 1. The SMILES string of the molecule is Cc1ccc(NC(=O)C(=O)N/N=C/c2cccc([N+](=O)[O-])c2)cc1Cl. The lowest BCUT2D eigenvalue weighted by atomic mass is 10.2. The predicted octanol–water partition coefficient (Wildman–Crippen LogP) is 2.65. The first-order valence-corrected chi connectivity index (χ1v) is 7.39. The van der Waals surface area contributed by atoms with Gasteiger partial charge in [-0.05, 0) is 24.6 Å². The van der Waals surface area contributed by atoms with E-state index in [9.17, 15) is 19.7 Å². The summed E-state index contributed by atoms with van der Waals surface area (Å²) in [6.45, 7) is 1.81. The van der Waals surface area contributed by atoms with E-state index in [1.54, 1.807) is 18.2 Å². The number of aryl methyl sites for hydroxylation is 1. The molecule has 2 N–H and O–H groups in total. The summed E-state index contributed by atoms with van der Waals surface area (Å²) in [5.41, 5.74) is 3.55. The number of halogens is 1. The molecule has 0 radical (unpaired) electrons. The van der Waals surface area contributed by atoms with Crippen molar-refractivity contribution in [1.82, 2.24) is 5.43 Å². The number of carbonyl (C=O) groups is 2. The van der Waals surface area contributed by atoms with Crippen molar-refractivity contribution >= 4 is 41.0 Å². The fourth-order valence-corrected chi connectivity index (χ4v) is 1.97. The highest BCUT2D eigenvalue weighted by Crippen LogP contribution is 2.19. The number of rotatable bonds is 4. The standard InChI is InChI=1S/C16H13ClN4O4/c1-10-5-6-12(8-14(10)17)19-15(22)16(23)20-18-9-11-3-2-4-13(7-11)21(24)25/h2-9H,1H3,(H,19,22)(H,20,23)/b18-9+. The number of amides is 2. The van der Waals surface area contributed by atoms with Crippen LogP contribution in [0.5, 0.6) is 0 Å². The van der Waals surface area contributed by atoms with Gasteiger partial charge in [0.15, 0.2) is 0 Å². The number of hydrazone groups is 1. The number of anilines is 1. The van der Waals surface area contributed by atoms with Crippen LogP contribution in [0.2, 0.25) is 5.02 Å². The second kappa shape index (κ2) is 8.02. The van der Waals surface area contributed by atoms with E-state index in [1.807, 2.05) is 12.3 Å². The summed E-state index contributed by atoms with van der Waals surface area (Å²) in [4.78, 5) is 33.6. The monoisotopic (exact) mass is 360 g/mol. The molecule has 0 heterocycles. The second-order valence-electron chi connectivity index (χ2n) is 4.97. The molecule has 0 spiro atoms. The minimum atomic E-state index is -0.988. The van der Waals surface area contributed by atoms with E-state index >= 15 is 0 Å². The molecule has 2 aromatic rings. The van der Waals surface area contributed by atoms with Crippen molar-refractivity contribution in [3.63, 3.8) is 0 Å². The molecule has 0 aromatic heterocycles. The first-order chi connectivity index (χ1) is 11.9. The summed E-state index contributed by atoms with van der Waals surface area (Å²) in [7, 11) is 0. The highest BCUT2D eigenvalue weighted by molar-refractivity contribution is 6.39. The van der Waals surface area contributed by atoms with Crippen molar-refractivity contribution in [2.45, 2.75) is 6.92 Å². The molecule has 0 fully saturated rings. The molecule has 2 amide bonds. The Bertz CT molecular complexity index is 867. The Morgan fingerprint density at radius 3 is 2.64 bits per heavy atom. The van der Waals surface area contributed by atoms with Crippen LogP contribution in [0.25, 0.3) is 0 Å². The topological polar surface area (TPSA) is 114 Å². The second-order valence-corrected chi connectivity index (χ2v) is 5.38. The van der Waals surface area contributed by atoms with Crippen LogP contribution in [0.3, 0.4) is 0 Å². The average Bonchev–Trinajstić information content (AvgIpc) is 2.58. The quantitative estimate of drug-likeness (QED) is 0.377. The number of nitrogens with zero attached hydrogens (tertiary/aromatic N) is 2. The van der Waals surface area contributed by atoms with E-state index in [4.69, 9.17) is 11.6 Å². The smallest absolute Gasteiger partial charge is 0.318 e. The fourth-order valence-electron chi connectivity index (χ4n) is 1.79. The van der Waals surface area contributed by atoms with Crippen molar-refractivity contribution in [2.75, 3.05) is 5.32 Å². The third-order valence-electron chi connectivity index (χ3n) is 3.10. The molecule has 0 unspecified atom stereocenters. The van der Waals surface area contributed by atoms with Crippen LogP contribution < -0.4 is 10.7 Å². The number of hydrogen-bond acceptors (Lipinski definition) is 5. The van der Waals surface area contributed by atoms with Gasteiger partial charge >= 0.3 is 11.8 Å². The third kappa shape index (κ3) is 5.11. The molecule has 0 saturated carbocycles. The zero-order chi connectivity index (χ0) is 18.4.